The van der Waals surface area contributed by atoms with E-state index in [1.807, 2.05) is 20.8 Å². The Kier molecular flexibility index (Phi) is 5.08. The smallest absolute Gasteiger partial charge is 0.201 e. The van der Waals surface area contributed by atoms with Crippen LogP contribution in [0.25, 0.3) is 0 Å². The third-order valence-electron chi connectivity index (χ3n) is 5.12. The fraction of sp³-hybridized carbons (Fsp3) is 0.273. The van der Waals surface area contributed by atoms with Crippen molar-refractivity contribution in [2.45, 2.75) is 32.4 Å². The normalized spacial score (nSPS) is 21.9. The second-order valence-electron chi connectivity index (χ2n) is 7.09. The van der Waals surface area contributed by atoms with Gasteiger partial charge in [0.15, 0.2) is 11.4 Å². The highest BCUT2D eigenvalue weighted by atomic mass is 35.5. The number of ketones is 2. The minimum atomic E-state index is -2.05. The van der Waals surface area contributed by atoms with Crippen molar-refractivity contribution in [1.82, 2.24) is 5.32 Å². The SMILES string of the molecule is C=CCNC1C(=O)c2cc(C)c(C)cc2C(=O)C1(O)c1cc(C)cc(Cl)c1. The fourth-order valence-corrected chi connectivity index (χ4v) is 3.87. The van der Waals surface area contributed by atoms with Crippen molar-refractivity contribution in [3.05, 3.63) is 81.4 Å². The summed E-state index contributed by atoms with van der Waals surface area (Å²) in [5.41, 5.74) is 1.41. The lowest BCUT2D eigenvalue weighted by molar-refractivity contribution is 0.00673. The molecule has 0 aromatic heterocycles. The summed E-state index contributed by atoms with van der Waals surface area (Å²) >= 11 is 6.17. The standard InChI is InChI=1S/C22H22ClNO3/c1-5-6-24-20-19(25)17-9-13(3)14(4)10-18(17)21(26)22(20,27)15-7-12(2)8-16(23)11-15/h5,7-11,20,24,27H,1,6H2,2-4H3. The van der Waals surface area contributed by atoms with E-state index in [4.69, 9.17) is 11.6 Å². The molecule has 0 saturated heterocycles. The molecule has 4 nitrogen and oxygen atoms in total. The summed E-state index contributed by atoms with van der Waals surface area (Å²) in [6.45, 7) is 9.50. The van der Waals surface area contributed by atoms with E-state index < -0.39 is 17.4 Å². The van der Waals surface area contributed by atoms with Crippen LogP contribution >= 0.6 is 11.6 Å². The Balaban J connectivity index is 2.28. The summed E-state index contributed by atoms with van der Waals surface area (Å²) in [6.07, 6.45) is 1.58. The summed E-state index contributed by atoms with van der Waals surface area (Å²) in [5.74, 6) is -0.835. The first-order valence-corrected chi connectivity index (χ1v) is 9.12. The molecule has 0 amide bonds. The second kappa shape index (κ2) is 7.04. The van der Waals surface area contributed by atoms with E-state index in [1.54, 1.807) is 30.3 Å². The Morgan fingerprint density at radius 2 is 1.74 bits per heavy atom. The molecule has 0 heterocycles. The van der Waals surface area contributed by atoms with Crippen LogP contribution in [-0.4, -0.2) is 29.3 Å². The summed E-state index contributed by atoms with van der Waals surface area (Å²) < 4.78 is 0. The molecule has 5 heteroatoms. The minimum Gasteiger partial charge on any atom is -0.375 e. The second-order valence-corrected chi connectivity index (χ2v) is 7.53. The van der Waals surface area contributed by atoms with E-state index >= 15 is 0 Å². The molecule has 2 unspecified atom stereocenters. The molecule has 2 aromatic rings. The lowest BCUT2D eigenvalue weighted by Crippen LogP contribution is -2.60. The summed E-state index contributed by atoms with van der Waals surface area (Å²) in [7, 11) is 0. The van der Waals surface area contributed by atoms with Gasteiger partial charge in [0.2, 0.25) is 5.78 Å². The van der Waals surface area contributed by atoms with Gasteiger partial charge < -0.3 is 10.4 Å². The molecular weight excluding hydrogens is 362 g/mol. The van der Waals surface area contributed by atoms with Crippen LogP contribution in [-0.2, 0) is 5.60 Å². The number of hydrogen-bond donors (Lipinski definition) is 2. The summed E-state index contributed by atoms with van der Waals surface area (Å²) in [5, 5.41) is 15.0. The molecule has 140 valence electrons. The number of rotatable bonds is 4. The average molecular weight is 384 g/mol. The van der Waals surface area contributed by atoms with E-state index in [9.17, 15) is 14.7 Å². The maximum atomic E-state index is 13.4. The van der Waals surface area contributed by atoms with Crippen molar-refractivity contribution in [3.63, 3.8) is 0 Å². The first-order valence-electron chi connectivity index (χ1n) is 8.74. The molecule has 1 aliphatic rings. The Labute approximate surface area is 163 Å². The number of nitrogens with one attached hydrogen (secondary N) is 1. The van der Waals surface area contributed by atoms with Crippen LogP contribution in [0.3, 0.4) is 0 Å². The number of halogens is 1. The van der Waals surface area contributed by atoms with Crippen molar-refractivity contribution in [3.8, 4) is 0 Å². The number of hydrogen-bond acceptors (Lipinski definition) is 4. The van der Waals surface area contributed by atoms with Crippen LogP contribution in [0.15, 0.2) is 43.0 Å². The first-order chi connectivity index (χ1) is 12.7. The third-order valence-corrected chi connectivity index (χ3v) is 5.34. The molecule has 0 spiro atoms. The molecule has 3 rings (SSSR count). The lowest BCUT2D eigenvalue weighted by atomic mass is 9.70. The van der Waals surface area contributed by atoms with Gasteiger partial charge in [0.25, 0.3) is 0 Å². The molecule has 1 aliphatic carbocycles. The number of aryl methyl sites for hydroxylation is 3. The van der Waals surface area contributed by atoms with Crippen LogP contribution < -0.4 is 5.32 Å². The van der Waals surface area contributed by atoms with Gasteiger partial charge in [-0.05, 0) is 67.3 Å². The van der Waals surface area contributed by atoms with Crippen molar-refractivity contribution >= 4 is 23.2 Å². The van der Waals surface area contributed by atoms with Gasteiger partial charge in [-0.1, -0.05) is 23.7 Å². The lowest BCUT2D eigenvalue weighted by Gasteiger charge is -2.39. The van der Waals surface area contributed by atoms with Gasteiger partial charge in [0.1, 0.15) is 6.04 Å². The van der Waals surface area contributed by atoms with E-state index in [-0.39, 0.29) is 17.9 Å². The van der Waals surface area contributed by atoms with Gasteiger partial charge in [0, 0.05) is 22.7 Å². The van der Waals surface area contributed by atoms with Crippen LogP contribution in [0.5, 0.6) is 0 Å². The number of fused-ring (bicyclic) bond motifs is 1. The fourth-order valence-electron chi connectivity index (χ4n) is 3.59. The molecule has 2 aromatic carbocycles. The maximum Gasteiger partial charge on any atom is 0.201 e. The zero-order valence-corrected chi connectivity index (χ0v) is 16.4. The predicted octanol–water partition coefficient (Wildman–Crippen LogP) is 3.68. The zero-order valence-electron chi connectivity index (χ0n) is 15.6. The Morgan fingerprint density at radius 3 is 2.33 bits per heavy atom. The van der Waals surface area contributed by atoms with Gasteiger partial charge in [-0.2, -0.15) is 0 Å². The average Bonchev–Trinajstić information content (AvgIpc) is 2.61. The Hall–Kier alpha value is -2.27. The summed E-state index contributed by atoms with van der Waals surface area (Å²) in [4.78, 5) is 26.7. The largest absolute Gasteiger partial charge is 0.375 e. The molecular formula is C22H22ClNO3. The molecule has 0 fully saturated rings. The predicted molar refractivity (Wildman–Crippen MR) is 107 cm³/mol. The first kappa shape index (κ1) is 19.5. The minimum absolute atomic E-state index is 0.236. The quantitative estimate of drug-likeness (QED) is 0.790. The van der Waals surface area contributed by atoms with Crippen LogP contribution in [0.1, 0.15) is 43.0 Å². The molecule has 2 N–H and O–H groups in total. The van der Waals surface area contributed by atoms with Crippen LogP contribution in [0.2, 0.25) is 5.02 Å². The van der Waals surface area contributed by atoms with Crippen molar-refractivity contribution < 1.29 is 14.7 Å². The van der Waals surface area contributed by atoms with Crippen molar-refractivity contribution in [1.29, 1.82) is 0 Å². The maximum absolute atomic E-state index is 13.4. The van der Waals surface area contributed by atoms with Gasteiger partial charge >= 0.3 is 0 Å². The zero-order chi connectivity index (χ0) is 19.9. The number of carbonyl (C=O) groups is 2. The van der Waals surface area contributed by atoms with Crippen LogP contribution in [0, 0.1) is 20.8 Å². The molecule has 2 atom stereocenters. The summed E-state index contributed by atoms with van der Waals surface area (Å²) in [6, 6.07) is 7.22. The van der Waals surface area contributed by atoms with Crippen molar-refractivity contribution in [2.24, 2.45) is 0 Å². The van der Waals surface area contributed by atoms with E-state index in [0.717, 1.165) is 16.7 Å². The number of carbonyl (C=O) groups excluding carboxylic acids is 2. The van der Waals surface area contributed by atoms with Crippen molar-refractivity contribution in [2.75, 3.05) is 6.54 Å². The Bertz CT molecular complexity index is 946. The van der Waals surface area contributed by atoms with E-state index in [2.05, 4.69) is 11.9 Å². The van der Waals surface area contributed by atoms with Gasteiger partial charge in [-0.25, -0.2) is 0 Å². The number of Topliss-reactive ketones (excluding diaryl/α,β-unsaturated/α-hetero) is 2. The van der Waals surface area contributed by atoms with Gasteiger partial charge in [-0.15, -0.1) is 6.58 Å². The van der Waals surface area contributed by atoms with Gasteiger partial charge in [-0.3, -0.25) is 9.59 Å². The third kappa shape index (κ3) is 3.14. The molecule has 0 saturated carbocycles. The monoisotopic (exact) mass is 383 g/mol. The topological polar surface area (TPSA) is 66.4 Å². The van der Waals surface area contributed by atoms with E-state index in [1.165, 1.54) is 6.07 Å². The van der Waals surface area contributed by atoms with Gasteiger partial charge in [0.05, 0.1) is 0 Å². The number of aliphatic hydroxyl groups is 1. The molecule has 0 aliphatic heterocycles. The van der Waals surface area contributed by atoms with Crippen LogP contribution in [0.4, 0.5) is 0 Å². The highest BCUT2D eigenvalue weighted by Crippen LogP contribution is 2.39. The number of benzene rings is 2. The van der Waals surface area contributed by atoms with E-state index in [0.29, 0.717) is 16.1 Å². The molecule has 27 heavy (non-hydrogen) atoms. The Morgan fingerprint density at radius 1 is 1.11 bits per heavy atom. The molecule has 0 radical (unpaired) electrons. The molecule has 0 bridgehead atoms. The highest BCUT2D eigenvalue weighted by Gasteiger charge is 2.54. The highest BCUT2D eigenvalue weighted by molar-refractivity contribution is 6.31.